The molecule has 1 heterocycles. The van der Waals surface area contributed by atoms with Crippen molar-refractivity contribution in [1.29, 1.82) is 0 Å². The van der Waals surface area contributed by atoms with Gasteiger partial charge in [0.15, 0.2) is 5.96 Å². The van der Waals surface area contributed by atoms with E-state index in [2.05, 4.69) is 20.3 Å². The van der Waals surface area contributed by atoms with Crippen LogP contribution in [0.2, 0.25) is 0 Å². The zero-order valence-corrected chi connectivity index (χ0v) is 13.4. The van der Waals surface area contributed by atoms with E-state index in [1.807, 2.05) is 54.6 Å². The number of nitrogens with two attached hydrogens (primary N) is 1. The van der Waals surface area contributed by atoms with Crippen molar-refractivity contribution in [2.75, 3.05) is 12.4 Å². The fourth-order valence-corrected chi connectivity index (χ4v) is 2.23. The summed E-state index contributed by atoms with van der Waals surface area (Å²) in [5, 5.41) is 3.03. The maximum Gasteiger partial charge on any atom is 0.193 e. The lowest BCUT2D eigenvalue weighted by Gasteiger charge is -2.06. The molecule has 0 unspecified atom stereocenters. The Balaban J connectivity index is 1.61. The summed E-state index contributed by atoms with van der Waals surface area (Å²) in [6.45, 7) is 0.377. The minimum atomic E-state index is 0.331. The number of hydrogen-bond acceptors (Lipinski definition) is 3. The van der Waals surface area contributed by atoms with E-state index in [-0.39, 0.29) is 0 Å². The average Bonchev–Trinajstić information content (AvgIpc) is 3.10. The molecule has 0 aliphatic heterocycles. The Labute approximate surface area is 140 Å². The molecule has 24 heavy (non-hydrogen) atoms. The quantitative estimate of drug-likeness (QED) is 0.498. The molecule has 4 N–H and O–H groups in total. The number of ether oxygens (including phenoxy) is 1. The van der Waals surface area contributed by atoms with Gasteiger partial charge in [0.1, 0.15) is 18.1 Å². The van der Waals surface area contributed by atoms with Gasteiger partial charge in [-0.2, -0.15) is 0 Å². The molecule has 0 aliphatic rings. The Kier molecular flexibility index (Phi) is 4.76. The standard InChI is InChI=1S/C18H19N5O/c1-24-15-9-7-14(8-10-15)22-18(19)21-12-17-20-11-16(23-17)13-5-3-2-4-6-13/h2-11H,12H2,1H3,(H,20,23)(H3,19,21,22). The maximum atomic E-state index is 5.91. The van der Waals surface area contributed by atoms with Gasteiger partial charge in [-0.05, 0) is 29.8 Å². The normalized spacial score (nSPS) is 11.3. The molecule has 0 spiro atoms. The van der Waals surface area contributed by atoms with Gasteiger partial charge in [0.2, 0.25) is 0 Å². The summed E-state index contributed by atoms with van der Waals surface area (Å²) in [5.74, 6) is 1.88. The molecule has 0 fully saturated rings. The van der Waals surface area contributed by atoms with Crippen molar-refractivity contribution in [3.63, 3.8) is 0 Å². The number of aromatic nitrogens is 2. The molecule has 2 aromatic carbocycles. The zero-order valence-electron chi connectivity index (χ0n) is 13.4. The first-order valence-corrected chi connectivity index (χ1v) is 7.55. The Bertz CT molecular complexity index is 809. The number of guanidine groups is 1. The number of rotatable bonds is 5. The van der Waals surface area contributed by atoms with Crippen LogP contribution < -0.4 is 15.8 Å². The van der Waals surface area contributed by atoms with Gasteiger partial charge in [0.25, 0.3) is 0 Å². The highest BCUT2D eigenvalue weighted by molar-refractivity contribution is 5.92. The second-order valence-electron chi connectivity index (χ2n) is 5.16. The lowest BCUT2D eigenvalue weighted by atomic mass is 10.2. The minimum absolute atomic E-state index is 0.331. The Morgan fingerprint density at radius 2 is 1.92 bits per heavy atom. The second kappa shape index (κ2) is 7.32. The lowest BCUT2D eigenvalue weighted by molar-refractivity contribution is 0.415. The number of nitrogens with one attached hydrogen (secondary N) is 2. The molecule has 0 amide bonds. The lowest BCUT2D eigenvalue weighted by Crippen LogP contribution is -2.22. The van der Waals surface area contributed by atoms with E-state index >= 15 is 0 Å². The highest BCUT2D eigenvalue weighted by Crippen LogP contribution is 2.17. The summed E-state index contributed by atoms with van der Waals surface area (Å²) in [4.78, 5) is 11.9. The van der Waals surface area contributed by atoms with Crippen molar-refractivity contribution in [3.05, 3.63) is 66.6 Å². The molecule has 6 heteroatoms. The summed E-state index contributed by atoms with van der Waals surface area (Å²) < 4.78 is 5.12. The van der Waals surface area contributed by atoms with E-state index in [0.29, 0.717) is 12.5 Å². The molecule has 0 radical (unpaired) electrons. The SMILES string of the molecule is COc1ccc(NC(N)=NCc2ncc(-c3ccccc3)[nH]2)cc1. The van der Waals surface area contributed by atoms with Gasteiger partial charge in [-0.15, -0.1) is 0 Å². The van der Waals surface area contributed by atoms with Crippen molar-refractivity contribution in [2.24, 2.45) is 10.7 Å². The Hall–Kier alpha value is -3.28. The number of imidazole rings is 1. The van der Waals surface area contributed by atoms with Crippen molar-refractivity contribution < 1.29 is 4.74 Å². The molecule has 1 aromatic heterocycles. The van der Waals surface area contributed by atoms with Crippen molar-refractivity contribution in [2.45, 2.75) is 6.54 Å². The fourth-order valence-electron chi connectivity index (χ4n) is 2.23. The van der Waals surface area contributed by atoms with Crippen LogP contribution in [-0.2, 0) is 6.54 Å². The highest BCUT2D eigenvalue weighted by atomic mass is 16.5. The van der Waals surface area contributed by atoms with Gasteiger partial charge in [-0.25, -0.2) is 9.98 Å². The van der Waals surface area contributed by atoms with Gasteiger partial charge in [0, 0.05) is 5.69 Å². The number of nitrogens with zero attached hydrogens (tertiary/aromatic N) is 2. The third-order valence-corrected chi connectivity index (χ3v) is 3.47. The molecule has 0 atom stereocenters. The number of benzene rings is 2. The largest absolute Gasteiger partial charge is 0.497 e. The van der Waals surface area contributed by atoms with Gasteiger partial charge >= 0.3 is 0 Å². The van der Waals surface area contributed by atoms with Crippen molar-refractivity contribution >= 4 is 11.6 Å². The summed E-state index contributed by atoms with van der Waals surface area (Å²) >= 11 is 0. The highest BCUT2D eigenvalue weighted by Gasteiger charge is 2.03. The van der Waals surface area contributed by atoms with Crippen molar-refractivity contribution in [3.8, 4) is 17.0 Å². The number of anilines is 1. The van der Waals surface area contributed by atoms with Crippen LogP contribution in [0.5, 0.6) is 5.75 Å². The summed E-state index contributed by atoms with van der Waals surface area (Å²) in [7, 11) is 1.63. The zero-order chi connectivity index (χ0) is 16.8. The number of aromatic amines is 1. The van der Waals surface area contributed by atoms with Gasteiger partial charge in [-0.3, -0.25) is 0 Å². The molecule has 6 nitrogen and oxygen atoms in total. The van der Waals surface area contributed by atoms with E-state index in [1.165, 1.54) is 0 Å². The van der Waals surface area contributed by atoms with E-state index in [1.54, 1.807) is 13.3 Å². The first kappa shape index (κ1) is 15.6. The molecular formula is C18H19N5O. The van der Waals surface area contributed by atoms with Crippen LogP contribution in [0.4, 0.5) is 5.69 Å². The summed E-state index contributed by atoms with van der Waals surface area (Å²) in [5.41, 5.74) is 8.80. The van der Waals surface area contributed by atoms with Crippen LogP contribution in [0.15, 0.2) is 65.8 Å². The van der Waals surface area contributed by atoms with Crippen LogP contribution in [0, 0.1) is 0 Å². The summed E-state index contributed by atoms with van der Waals surface area (Å²) in [6.07, 6.45) is 1.80. The predicted octanol–water partition coefficient (Wildman–Crippen LogP) is 3.01. The van der Waals surface area contributed by atoms with Crippen LogP contribution >= 0.6 is 0 Å². The molecule has 0 saturated heterocycles. The third kappa shape index (κ3) is 3.92. The first-order valence-electron chi connectivity index (χ1n) is 7.55. The monoisotopic (exact) mass is 321 g/mol. The van der Waals surface area contributed by atoms with Crippen LogP contribution in [-0.4, -0.2) is 23.0 Å². The van der Waals surface area contributed by atoms with Crippen molar-refractivity contribution in [1.82, 2.24) is 9.97 Å². The number of aliphatic imine (C=N–C) groups is 1. The van der Waals surface area contributed by atoms with Gasteiger partial charge in [0.05, 0.1) is 19.0 Å². The van der Waals surface area contributed by atoms with E-state index in [9.17, 15) is 0 Å². The Morgan fingerprint density at radius 1 is 1.17 bits per heavy atom. The Morgan fingerprint density at radius 3 is 2.62 bits per heavy atom. The minimum Gasteiger partial charge on any atom is -0.497 e. The molecule has 0 bridgehead atoms. The molecule has 122 valence electrons. The van der Waals surface area contributed by atoms with Crippen LogP contribution in [0.25, 0.3) is 11.3 Å². The molecule has 3 aromatic rings. The molecule has 0 saturated carbocycles. The van der Waals surface area contributed by atoms with Gasteiger partial charge in [-0.1, -0.05) is 30.3 Å². The smallest absolute Gasteiger partial charge is 0.193 e. The number of hydrogen-bond donors (Lipinski definition) is 3. The van der Waals surface area contributed by atoms with E-state index in [4.69, 9.17) is 10.5 Å². The molecule has 3 rings (SSSR count). The maximum absolute atomic E-state index is 5.91. The van der Waals surface area contributed by atoms with E-state index < -0.39 is 0 Å². The molecular weight excluding hydrogens is 302 g/mol. The van der Waals surface area contributed by atoms with Crippen LogP contribution in [0.1, 0.15) is 5.82 Å². The van der Waals surface area contributed by atoms with Crippen LogP contribution in [0.3, 0.4) is 0 Å². The fraction of sp³-hybridized carbons (Fsp3) is 0.111. The predicted molar refractivity (Wildman–Crippen MR) is 96.0 cm³/mol. The van der Waals surface area contributed by atoms with Gasteiger partial charge < -0.3 is 20.8 Å². The molecule has 0 aliphatic carbocycles. The average molecular weight is 321 g/mol. The summed E-state index contributed by atoms with van der Waals surface area (Å²) in [6, 6.07) is 17.5. The topological polar surface area (TPSA) is 88.3 Å². The number of methoxy groups -OCH3 is 1. The third-order valence-electron chi connectivity index (χ3n) is 3.47. The number of H-pyrrole nitrogens is 1. The van der Waals surface area contributed by atoms with E-state index in [0.717, 1.165) is 28.5 Å². The first-order chi connectivity index (χ1) is 11.7. The second-order valence-corrected chi connectivity index (χ2v) is 5.16.